The van der Waals surface area contributed by atoms with Crippen molar-refractivity contribution in [1.82, 2.24) is 9.88 Å². The number of carbonyl (C=O) groups is 4. The maximum atomic E-state index is 14.5. The number of esters is 1. The lowest BCUT2D eigenvalue weighted by Gasteiger charge is -2.30. The smallest absolute Gasteiger partial charge is 0.413 e. The van der Waals surface area contributed by atoms with E-state index < -0.39 is 23.7 Å². The molecule has 4 aromatic rings. The molecule has 266 valence electrons. The average molecular weight is 693 g/mol. The van der Waals surface area contributed by atoms with Crippen LogP contribution in [-0.4, -0.2) is 59.1 Å². The zero-order valence-corrected chi connectivity index (χ0v) is 29.5. The molecule has 51 heavy (non-hydrogen) atoms. The lowest BCUT2D eigenvalue weighted by atomic mass is 9.99. The van der Waals surface area contributed by atoms with Crippen LogP contribution in [0.5, 0.6) is 5.75 Å². The van der Waals surface area contributed by atoms with Gasteiger partial charge in [0.2, 0.25) is 0 Å². The van der Waals surface area contributed by atoms with Crippen LogP contribution in [0.25, 0.3) is 0 Å². The molecule has 0 radical (unpaired) electrons. The first kappa shape index (κ1) is 36.6. The Labute approximate surface area is 298 Å². The van der Waals surface area contributed by atoms with Crippen molar-refractivity contribution in [2.45, 2.75) is 65.0 Å². The number of unbranched alkanes of at least 4 members (excludes halogenated alkanes) is 1. The fourth-order valence-corrected chi connectivity index (χ4v) is 5.87. The summed E-state index contributed by atoms with van der Waals surface area (Å²) in [4.78, 5) is 60.9. The Morgan fingerprint density at radius 3 is 2.35 bits per heavy atom. The molecule has 5 rings (SSSR count). The Morgan fingerprint density at radius 2 is 1.65 bits per heavy atom. The van der Waals surface area contributed by atoms with Gasteiger partial charge in [-0.3, -0.25) is 24.6 Å². The number of carbonyl (C=O) groups excluding carboxylic acids is 4. The van der Waals surface area contributed by atoms with Gasteiger partial charge in [0.25, 0.3) is 11.8 Å². The van der Waals surface area contributed by atoms with Gasteiger partial charge in [-0.2, -0.15) is 0 Å². The number of ether oxygens (including phenoxy) is 3. The van der Waals surface area contributed by atoms with Crippen molar-refractivity contribution >= 4 is 41.1 Å². The first-order chi connectivity index (χ1) is 24.5. The summed E-state index contributed by atoms with van der Waals surface area (Å²) in [6.45, 7) is 7.43. The fraction of sp³-hybridized carbons (Fsp3) is 0.325. The number of rotatable bonds is 13. The number of amides is 3. The molecule has 2 heterocycles. The molecule has 1 unspecified atom stereocenters. The topological polar surface area (TPSA) is 127 Å². The minimum absolute atomic E-state index is 0.0941. The van der Waals surface area contributed by atoms with Gasteiger partial charge in [-0.15, -0.1) is 0 Å². The maximum Gasteiger partial charge on any atom is 0.413 e. The number of para-hydroxylation sites is 1. The van der Waals surface area contributed by atoms with Gasteiger partial charge < -0.3 is 19.1 Å². The van der Waals surface area contributed by atoms with Gasteiger partial charge in [0, 0.05) is 11.9 Å². The molecular formula is C40H44N4O7. The number of aromatic nitrogens is 1. The van der Waals surface area contributed by atoms with Gasteiger partial charge in [0.15, 0.2) is 11.6 Å². The molecular weight excluding hydrogens is 648 g/mol. The Morgan fingerprint density at radius 1 is 0.922 bits per heavy atom. The van der Waals surface area contributed by atoms with Crippen molar-refractivity contribution in [3.8, 4) is 5.75 Å². The van der Waals surface area contributed by atoms with Crippen molar-refractivity contribution in [1.29, 1.82) is 0 Å². The molecule has 3 amide bonds. The van der Waals surface area contributed by atoms with E-state index in [0.29, 0.717) is 42.1 Å². The molecule has 0 fully saturated rings. The van der Waals surface area contributed by atoms with E-state index in [4.69, 9.17) is 14.2 Å². The van der Waals surface area contributed by atoms with Crippen LogP contribution in [-0.2, 0) is 25.5 Å². The summed E-state index contributed by atoms with van der Waals surface area (Å²) < 4.78 is 16.6. The van der Waals surface area contributed by atoms with Gasteiger partial charge >= 0.3 is 12.1 Å². The quantitative estimate of drug-likeness (QED) is 0.112. The second-order valence-electron chi connectivity index (χ2n) is 13.1. The van der Waals surface area contributed by atoms with E-state index in [1.54, 1.807) is 50.9 Å². The molecule has 1 N–H and O–H groups in total. The third-order valence-corrected chi connectivity index (χ3v) is 8.10. The monoisotopic (exact) mass is 692 g/mol. The van der Waals surface area contributed by atoms with Crippen LogP contribution < -0.4 is 15.0 Å². The highest BCUT2D eigenvalue weighted by Crippen LogP contribution is 2.37. The fourth-order valence-electron chi connectivity index (χ4n) is 5.87. The van der Waals surface area contributed by atoms with Gasteiger partial charge in [-0.1, -0.05) is 54.6 Å². The first-order valence-electron chi connectivity index (χ1n) is 17.1. The minimum atomic E-state index is -0.715. The molecule has 0 saturated carbocycles. The second-order valence-corrected chi connectivity index (χ2v) is 13.1. The zero-order valence-electron chi connectivity index (χ0n) is 29.5. The number of nitrogens with one attached hydrogen (secondary N) is 1. The highest BCUT2D eigenvalue weighted by atomic mass is 16.6. The Kier molecular flexibility index (Phi) is 12.0. The van der Waals surface area contributed by atoms with E-state index in [1.165, 1.54) is 4.90 Å². The molecule has 1 aliphatic rings. The molecule has 0 spiro atoms. The molecule has 0 saturated heterocycles. The highest BCUT2D eigenvalue weighted by Gasteiger charge is 2.37. The molecule has 0 aliphatic carbocycles. The predicted octanol–water partition coefficient (Wildman–Crippen LogP) is 7.65. The number of aryl methyl sites for hydroxylation is 1. The van der Waals surface area contributed by atoms with Crippen LogP contribution in [0, 0.1) is 0 Å². The van der Waals surface area contributed by atoms with Gasteiger partial charge in [0.05, 0.1) is 36.9 Å². The summed E-state index contributed by atoms with van der Waals surface area (Å²) in [6.07, 6.45) is 2.91. The molecule has 11 nitrogen and oxygen atoms in total. The van der Waals surface area contributed by atoms with Crippen LogP contribution >= 0.6 is 0 Å². The second kappa shape index (κ2) is 16.8. The SMILES string of the molecule is CCOC(=O)CC(c1ccccc1)N1CC(=O)N(c2ccccc2)c2ccc(CCCCOc3cccnc3NC(=O)OC(C)(C)C)cc2C1=O. The van der Waals surface area contributed by atoms with Gasteiger partial charge in [-0.05, 0) is 94.5 Å². The molecule has 3 aromatic carbocycles. The minimum Gasteiger partial charge on any atom is -0.490 e. The number of nitrogens with zero attached hydrogens (tertiary/aromatic N) is 3. The normalized spacial score (nSPS) is 13.6. The molecule has 1 aliphatic heterocycles. The summed E-state index contributed by atoms with van der Waals surface area (Å²) in [5.41, 5.74) is 2.49. The van der Waals surface area contributed by atoms with Crippen molar-refractivity contribution in [2.24, 2.45) is 0 Å². The first-order valence-corrected chi connectivity index (χ1v) is 17.1. The van der Waals surface area contributed by atoms with Crippen LogP contribution in [0.4, 0.5) is 22.0 Å². The number of benzene rings is 3. The maximum absolute atomic E-state index is 14.5. The number of pyridine rings is 1. The van der Waals surface area contributed by atoms with E-state index in [0.717, 1.165) is 17.5 Å². The van der Waals surface area contributed by atoms with E-state index in [1.807, 2.05) is 78.9 Å². The number of hydrogen-bond acceptors (Lipinski definition) is 8. The van der Waals surface area contributed by atoms with Crippen molar-refractivity contribution in [3.05, 3.63) is 114 Å². The van der Waals surface area contributed by atoms with Crippen LogP contribution in [0.2, 0.25) is 0 Å². The molecule has 0 bridgehead atoms. The summed E-state index contributed by atoms with van der Waals surface area (Å²) in [6, 6.07) is 26.8. The van der Waals surface area contributed by atoms with E-state index >= 15 is 0 Å². The standard InChI is InChI=1S/C40H44N4O7/c1-5-49-36(46)26-33(29-16-8-6-9-17-29)43-27-35(45)44(30-18-10-7-11-19-30)32-22-21-28(25-31(32)38(43)47)15-12-13-24-50-34-20-14-23-41-37(34)42-39(48)51-40(2,3)4/h6-11,14,16-23,25,33H,5,12-13,15,24,26-27H2,1-4H3,(H,41,42,48). The zero-order chi connectivity index (χ0) is 36.4. The van der Waals surface area contributed by atoms with Crippen LogP contribution in [0.1, 0.15) is 74.5 Å². The lowest BCUT2D eigenvalue weighted by molar-refractivity contribution is -0.144. The number of fused-ring (bicyclic) bond motifs is 1. The summed E-state index contributed by atoms with van der Waals surface area (Å²) in [5.74, 6) is -0.387. The summed E-state index contributed by atoms with van der Waals surface area (Å²) >= 11 is 0. The van der Waals surface area contributed by atoms with E-state index in [9.17, 15) is 19.2 Å². The third kappa shape index (κ3) is 9.72. The average Bonchev–Trinajstić information content (AvgIpc) is 3.21. The third-order valence-electron chi connectivity index (χ3n) is 8.10. The largest absolute Gasteiger partial charge is 0.490 e. The highest BCUT2D eigenvalue weighted by molar-refractivity contribution is 6.13. The van der Waals surface area contributed by atoms with Crippen molar-refractivity contribution in [3.63, 3.8) is 0 Å². The van der Waals surface area contributed by atoms with Gasteiger partial charge in [0.1, 0.15) is 12.1 Å². The van der Waals surface area contributed by atoms with E-state index in [-0.39, 0.29) is 37.2 Å². The molecule has 1 atom stereocenters. The Bertz CT molecular complexity index is 1830. The molecule has 1 aromatic heterocycles. The number of anilines is 3. The summed E-state index contributed by atoms with van der Waals surface area (Å²) in [7, 11) is 0. The summed E-state index contributed by atoms with van der Waals surface area (Å²) in [5, 5.41) is 2.64. The molecule has 11 heteroatoms. The van der Waals surface area contributed by atoms with E-state index in [2.05, 4.69) is 10.3 Å². The Balaban J connectivity index is 1.35. The number of hydrogen-bond donors (Lipinski definition) is 1. The van der Waals surface area contributed by atoms with Gasteiger partial charge in [-0.25, -0.2) is 9.78 Å². The van der Waals surface area contributed by atoms with Crippen molar-refractivity contribution in [2.75, 3.05) is 30.0 Å². The predicted molar refractivity (Wildman–Crippen MR) is 194 cm³/mol. The Hall–Kier alpha value is -5.71. The van der Waals surface area contributed by atoms with Crippen molar-refractivity contribution < 1.29 is 33.4 Å². The lowest BCUT2D eigenvalue weighted by Crippen LogP contribution is -2.41. The van der Waals surface area contributed by atoms with Crippen LogP contribution in [0.15, 0.2) is 97.2 Å². The van der Waals surface area contributed by atoms with Crippen LogP contribution in [0.3, 0.4) is 0 Å².